The van der Waals surface area contributed by atoms with Crippen LogP contribution in [0, 0.1) is 11.3 Å². The van der Waals surface area contributed by atoms with Gasteiger partial charge in [0.25, 0.3) is 0 Å². The first-order valence-corrected chi connectivity index (χ1v) is 4.37. The van der Waals surface area contributed by atoms with Gasteiger partial charge in [-0.2, -0.15) is 5.26 Å². The van der Waals surface area contributed by atoms with E-state index in [0.717, 1.165) is 12.3 Å². The van der Waals surface area contributed by atoms with Crippen molar-refractivity contribution in [3.63, 3.8) is 0 Å². The fraction of sp³-hybridized carbons (Fsp3) is 0.857. The minimum absolute atomic E-state index is 0.139. The van der Waals surface area contributed by atoms with Crippen LogP contribution in [-0.2, 0) is 0 Å². The molecule has 0 aliphatic rings. The zero-order chi connectivity index (χ0) is 7.98. The summed E-state index contributed by atoms with van der Waals surface area (Å²) in [6, 6.07) is 2.18. The van der Waals surface area contributed by atoms with Crippen LogP contribution in [0.2, 0.25) is 0 Å². The summed E-state index contributed by atoms with van der Waals surface area (Å²) >= 11 is 1.70. The summed E-state index contributed by atoms with van der Waals surface area (Å²) < 4.78 is 0. The number of nitriles is 1. The van der Waals surface area contributed by atoms with E-state index in [9.17, 15) is 0 Å². The van der Waals surface area contributed by atoms with Gasteiger partial charge in [-0.3, -0.25) is 0 Å². The summed E-state index contributed by atoms with van der Waals surface area (Å²) in [6.07, 6.45) is 0. The van der Waals surface area contributed by atoms with Gasteiger partial charge in [-0.25, -0.2) is 0 Å². The minimum atomic E-state index is 0.139. The Hall–Kier alpha value is -0.200. The van der Waals surface area contributed by atoms with E-state index in [-0.39, 0.29) is 5.25 Å². The van der Waals surface area contributed by atoms with Crippen molar-refractivity contribution < 1.29 is 0 Å². The highest BCUT2D eigenvalue weighted by atomic mass is 32.2. The highest BCUT2D eigenvalue weighted by Gasteiger charge is 1.98. The zero-order valence-electron chi connectivity index (χ0n) is 6.79. The first-order chi connectivity index (χ1) is 4.66. The molecule has 0 bridgehead atoms. The first kappa shape index (κ1) is 9.80. The Balaban J connectivity index is 3.13. The molecule has 0 heterocycles. The molecular formula is C7H14N2S. The molecule has 0 amide bonds. The summed E-state index contributed by atoms with van der Waals surface area (Å²) in [4.78, 5) is 2.12. The van der Waals surface area contributed by atoms with Crippen LogP contribution in [-0.4, -0.2) is 36.5 Å². The number of hydrogen-bond acceptors (Lipinski definition) is 3. The lowest BCUT2D eigenvalue weighted by Gasteiger charge is -2.08. The standard InChI is InChI=1S/C7H14N2S/c1-7(6-8)10-5-4-9(2)3/h7H,4-5H2,1-3H3. The first-order valence-electron chi connectivity index (χ1n) is 3.32. The summed E-state index contributed by atoms with van der Waals surface area (Å²) in [5.74, 6) is 1.04. The van der Waals surface area contributed by atoms with Gasteiger partial charge < -0.3 is 4.90 Å². The third kappa shape index (κ3) is 5.93. The van der Waals surface area contributed by atoms with Crippen LogP contribution in [0.1, 0.15) is 6.92 Å². The second kappa shape index (κ2) is 5.57. The second-order valence-electron chi connectivity index (χ2n) is 2.45. The summed E-state index contributed by atoms with van der Waals surface area (Å²) in [7, 11) is 4.08. The molecule has 58 valence electrons. The van der Waals surface area contributed by atoms with Gasteiger partial charge in [-0.15, -0.1) is 11.8 Å². The Bertz CT molecular complexity index is 117. The van der Waals surface area contributed by atoms with Crippen molar-refractivity contribution in [1.82, 2.24) is 4.90 Å². The molecule has 10 heavy (non-hydrogen) atoms. The topological polar surface area (TPSA) is 27.0 Å². The van der Waals surface area contributed by atoms with Crippen LogP contribution in [0.15, 0.2) is 0 Å². The van der Waals surface area contributed by atoms with Gasteiger partial charge >= 0.3 is 0 Å². The molecule has 0 saturated carbocycles. The third-order valence-corrected chi connectivity index (χ3v) is 2.11. The van der Waals surface area contributed by atoms with Crippen molar-refractivity contribution >= 4 is 11.8 Å². The van der Waals surface area contributed by atoms with Crippen LogP contribution >= 0.6 is 11.8 Å². The van der Waals surface area contributed by atoms with Crippen molar-refractivity contribution in [1.29, 1.82) is 5.26 Å². The van der Waals surface area contributed by atoms with E-state index in [1.807, 2.05) is 21.0 Å². The monoisotopic (exact) mass is 158 g/mol. The van der Waals surface area contributed by atoms with Gasteiger partial charge in [0.2, 0.25) is 0 Å². The molecule has 0 aromatic carbocycles. The molecule has 1 atom stereocenters. The fourth-order valence-corrected chi connectivity index (χ4v) is 1.35. The number of rotatable bonds is 4. The summed E-state index contributed by atoms with van der Waals surface area (Å²) in [5.41, 5.74) is 0. The van der Waals surface area contributed by atoms with Gasteiger partial charge in [0.1, 0.15) is 0 Å². The molecule has 0 saturated heterocycles. The molecule has 0 radical (unpaired) electrons. The molecule has 0 aromatic rings. The minimum Gasteiger partial charge on any atom is -0.309 e. The van der Waals surface area contributed by atoms with Crippen molar-refractivity contribution in [2.24, 2.45) is 0 Å². The molecule has 0 aliphatic heterocycles. The maximum atomic E-state index is 8.42. The molecule has 0 aliphatic carbocycles. The molecular weight excluding hydrogens is 144 g/mol. The van der Waals surface area contributed by atoms with Crippen LogP contribution in [0.5, 0.6) is 0 Å². The molecule has 3 heteroatoms. The average Bonchev–Trinajstić information content (AvgIpc) is 1.87. The maximum absolute atomic E-state index is 8.42. The Morgan fingerprint density at radius 1 is 1.60 bits per heavy atom. The SMILES string of the molecule is CC(C#N)SCCN(C)C. The van der Waals surface area contributed by atoms with Gasteiger partial charge in [0.05, 0.1) is 11.3 Å². The Morgan fingerprint density at radius 3 is 2.60 bits per heavy atom. The van der Waals surface area contributed by atoms with Gasteiger partial charge in [0, 0.05) is 12.3 Å². The van der Waals surface area contributed by atoms with Gasteiger partial charge in [-0.05, 0) is 21.0 Å². The highest BCUT2D eigenvalue weighted by Crippen LogP contribution is 2.07. The van der Waals surface area contributed by atoms with Crippen molar-refractivity contribution in [2.75, 3.05) is 26.4 Å². The quantitative estimate of drug-likeness (QED) is 0.615. The van der Waals surface area contributed by atoms with E-state index in [1.165, 1.54) is 0 Å². The lowest BCUT2D eigenvalue weighted by molar-refractivity contribution is 0.437. The van der Waals surface area contributed by atoms with E-state index in [2.05, 4.69) is 11.0 Å². The van der Waals surface area contributed by atoms with Gasteiger partial charge in [-0.1, -0.05) is 0 Å². The zero-order valence-corrected chi connectivity index (χ0v) is 7.61. The van der Waals surface area contributed by atoms with Gasteiger partial charge in [0.15, 0.2) is 0 Å². The summed E-state index contributed by atoms with van der Waals surface area (Å²) in [5, 5.41) is 8.55. The van der Waals surface area contributed by atoms with Crippen molar-refractivity contribution in [2.45, 2.75) is 12.2 Å². The third-order valence-electron chi connectivity index (χ3n) is 1.09. The van der Waals surface area contributed by atoms with Crippen LogP contribution in [0.4, 0.5) is 0 Å². The smallest absolute Gasteiger partial charge is 0.0889 e. The predicted octanol–water partition coefficient (Wildman–Crippen LogP) is 1.19. The van der Waals surface area contributed by atoms with E-state index < -0.39 is 0 Å². The molecule has 0 N–H and O–H groups in total. The maximum Gasteiger partial charge on any atom is 0.0889 e. The van der Waals surface area contributed by atoms with Crippen LogP contribution in [0.3, 0.4) is 0 Å². The number of thioether (sulfide) groups is 1. The normalized spacial score (nSPS) is 13.1. The fourth-order valence-electron chi connectivity index (χ4n) is 0.449. The van der Waals surface area contributed by atoms with E-state index >= 15 is 0 Å². The molecule has 0 rings (SSSR count). The summed E-state index contributed by atoms with van der Waals surface area (Å²) in [6.45, 7) is 2.98. The highest BCUT2D eigenvalue weighted by molar-refractivity contribution is 8.00. The number of hydrogen-bond donors (Lipinski definition) is 0. The lowest BCUT2D eigenvalue weighted by atomic mass is 10.5. The average molecular weight is 158 g/mol. The van der Waals surface area contributed by atoms with E-state index in [4.69, 9.17) is 5.26 Å². The molecule has 1 unspecified atom stereocenters. The van der Waals surface area contributed by atoms with Crippen LogP contribution < -0.4 is 0 Å². The van der Waals surface area contributed by atoms with E-state index in [1.54, 1.807) is 11.8 Å². The predicted molar refractivity (Wildman–Crippen MR) is 46.1 cm³/mol. The van der Waals surface area contributed by atoms with E-state index in [0.29, 0.717) is 0 Å². The Morgan fingerprint density at radius 2 is 2.20 bits per heavy atom. The molecule has 0 spiro atoms. The van der Waals surface area contributed by atoms with Crippen molar-refractivity contribution in [3.05, 3.63) is 0 Å². The lowest BCUT2D eigenvalue weighted by Crippen LogP contribution is -2.15. The van der Waals surface area contributed by atoms with Crippen molar-refractivity contribution in [3.8, 4) is 6.07 Å². The van der Waals surface area contributed by atoms with Crippen LogP contribution in [0.25, 0.3) is 0 Å². The Kier molecular flexibility index (Phi) is 5.46. The molecule has 0 fully saturated rings. The largest absolute Gasteiger partial charge is 0.309 e. The Labute approximate surface area is 67.2 Å². The molecule has 2 nitrogen and oxygen atoms in total. The second-order valence-corrected chi connectivity index (χ2v) is 3.89. The number of nitrogens with zero attached hydrogens (tertiary/aromatic N) is 2. The molecule has 0 aromatic heterocycles.